The van der Waals surface area contributed by atoms with Crippen LogP contribution in [0.1, 0.15) is 19.0 Å². The molecule has 4 nitrogen and oxygen atoms in total. The minimum atomic E-state index is -5.01. The number of aromatic amines is 1. The molecule has 2 rings (SSSR count). The Bertz CT molecular complexity index is 617. The maximum Gasteiger partial charge on any atom is 0.423 e. The van der Waals surface area contributed by atoms with Gasteiger partial charge in [-0.05, 0) is 24.4 Å². The van der Waals surface area contributed by atoms with E-state index in [1.165, 1.54) is 13.0 Å². The molecule has 1 heterocycles. The summed E-state index contributed by atoms with van der Waals surface area (Å²) in [5.74, 6) is -1.11. The number of halogens is 3. The molecule has 0 aliphatic rings. The first-order valence-electron chi connectivity index (χ1n) is 6.31. The van der Waals surface area contributed by atoms with Crippen molar-refractivity contribution in [3.8, 4) is 0 Å². The van der Waals surface area contributed by atoms with Crippen LogP contribution in [0.15, 0.2) is 30.3 Å². The Kier molecular flexibility index (Phi) is 3.95. The van der Waals surface area contributed by atoms with E-state index in [0.717, 1.165) is 0 Å². The number of aromatic nitrogens is 1. The summed E-state index contributed by atoms with van der Waals surface area (Å²) in [5.41, 5.74) is -3.35. The smallest absolute Gasteiger partial charge is 0.423 e. The van der Waals surface area contributed by atoms with Crippen molar-refractivity contribution in [2.75, 3.05) is 6.61 Å². The fourth-order valence-electron chi connectivity index (χ4n) is 2.07. The Morgan fingerprint density at radius 2 is 2.00 bits per heavy atom. The number of benzene rings is 1. The molecule has 2 aromatic rings. The van der Waals surface area contributed by atoms with E-state index in [2.05, 4.69) is 9.72 Å². The van der Waals surface area contributed by atoms with Crippen molar-refractivity contribution >= 4 is 16.9 Å². The average molecular weight is 301 g/mol. The molecule has 21 heavy (non-hydrogen) atoms. The molecule has 2 N–H and O–H groups in total. The zero-order valence-electron chi connectivity index (χ0n) is 11.2. The van der Waals surface area contributed by atoms with Gasteiger partial charge in [0.25, 0.3) is 0 Å². The van der Waals surface area contributed by atoms with E-state index in [1.807, 2.05) is 0 Å². The number of esters is 1. The fraction of sp³-hybridized carbons (Fsp3) is 0.357. The summed E-state index contributed by atoms with van der Waals surface area (Å²) >= 11 is 0. The molecule has 0 radical (unpaired) electrons. The van der Waals surface area contributed by atoms with E-state index >= 15 is 0 Å². The van der Waals surface area contributed by atoms with Crippen LogP contribution in [0, 0.1) is 0 Å². The quantitative estimate of drug-likeness (QED) is 0.854. The van der Waals surface area contributed by atoms with Gasteiger partial charge in [0.2, 0.25) is 5.60 Å². The lowest BCUT2D eigenvalue weighted by atomic mass is 9.94. The number of fused-ring (bicyclic) bond motifs is 1. The van der Waals surface area contributed by atoms with Crippen molar-refractivity contribution in [2.45, 2.75) is 25.1 Å². The number of H-pyrrole nitrogens is 1. The first kappa shape index (κ1) is 15.4. The van der Waals surface area contributed by atoms with Gasteiger partial charge in [0, 0.05) is 5.52 Å². The number of alkyl halides is 3. The zero-order chi connectivity index (χ0) is 15.7. The predicted octanol–water partition coefficient (Wildman–Crippen LogP) is 2.87. The van der Waals surface area contributed by atoms with Crippen LogP contribution < -0.4 is 0 Å². The second-order valence-electron chi connectivity index (χ2n) is 4.61. The molecule has 0 amide bonds. The van der Waals surface area contributed by atoms with Crippen LogP contribution in [0.4, 0.5) is 13.2 Å². The average Bonchev–Trinajstić information content (AvgIpc) is 2.81. The second-order valence-corrected chi connectivity index (χ2v) is 4.61. The van der Waals surface area contributed by atoms with Crippen LogP contribution in [-0.2, 0) is 15.1 Å². The second kappa shape index (κ2) is 5.40. The Balaban J connectivity index is 2.46. The van der Waals surface area contributed by atoms with Gasteiger partial charge in [-0.2, -0.15) is 13.2 Å². The summed E-state index contributed by atoms with van der Waals surface area (Å²) in [7, 11) is 0. The molecule has 1 aromatic carbocycles. The van der Waals surface area contributed by atoms with Crippen molar-refractivity contribution in [1.29, 1.82) is 0 Å². The van der Waals surface area contributed by atoms with E-state index in [-0.39, 0.29) is 6.61 Å². The number of carbonyl (C=O) groups is 1. The van der Waals surface area contributed by atoms with Crippen molar-refractivity contribution < 1.29 is 27.8 Å². The summed E-state index contributed by atoms with van der Waals surface area (Å²) in [5, 5.41) is 10.6. The lowest BCUT2D eigenvalue weighted by Crippen LogP contribution is -2.44. The summed E-state index contributed by atoms with van der Waals surface area (Å²) < 4.78 is 44.2. The number of aliphatic hydroxyl groups is 1. The van der Waals surface area contributed by atoms with Crippen molar-refractivity contribution in [1.82, 2.24) is 4.98 Å². The van der Waals surface area contributed by atoms with Crippen LogP contribution in [-0.4, -0.2) is 28.8 Å². The zero-order valence-corrected chi connectivity index (χ0v) is 11.2. The highest BCUT2D eigenvalue weighted by atomic mass is 19.4. The molecule has 114 valence electrons. The number of ether oxygens (including phenoxy) is 1. The van der Waals surface area contributed by atoms with Gasteiger partial charge < -0.3 is 14.8 Å². The molecule has 1 unspecified atom stereocenters. The Morgan fingerprint density at radius 1 is 1.33 bits per heavy atom. The van der Waals surface area contributed by atoms with Crippen molar-refractivity contribution in [3.63, 3.8) is 0 Å². The van der Waals surface area contributed by atoms with Crippen LogP contribution in [0.2, 0.25) is 0 Å². The summed E-state index contributed by atoms with van der Waals surface area (Å²) in [4.78, 5) is 13.9. The maximum atomic E-state index is 13.2. The Morgan fingerprint density at radius 3 is 2.57 bits per heavy atom. The molecule has 1 atom stereocenters. The lowest BCUT2D eigenvalue weighted by molar-refractivity contribution is -0.270. The summed E-state index contributed by atoms with van der Waals surface area (Å²) in [6.45, 7) is 1.42. The molecular weight excluding hydrogens is 287 g/mol. The monoisotopic (exact) mass is 301 g/mol. The third-order valence-corrected chi connectivity index (χ3v) is 3.15. The third-order valence-electron chi connectivity index (χ3n) is 3.15. The highest BCUT2D eigenvalue weighted by Crippen LogP contribution is 2.42. The van der Waals surface area contributed by atoms with E-state index in [4.69, 9.17) is 0 Å². The molecule has 7 heteroatoms. The SMILES string of the molecule is CCOC(=O)CC(O)(c1cc2ccccc2[nH]1)C(F)(F)F. The molecule has 0 saturated carbocycles. The van der Waals surface area contributed by atoms with Crippen molar-refractivity contribution in [2.24, 2.45) is 0 Å². The van der Waals surface area contributed by atoms with Crippen molar-refractivity contribution in [3.05, 3.63) is 36.0 Å². The van der Waals surface area contributed by atoms with Gasteiger partial charge >= 0.3 is 12.1 Å². The van der Waals surface area contributed by atoms with Gasteiger partial charge in [0.1, 0.15) is 0 Å². The summed E-state index contributed by atoms with van der Waals surface area (Å²) in [6, 6.07) is 7.69. The molecular formula is C14H14F3NO3. The number of nitrogens with one attached hydrogen (secondary N) is 1. The highest BCUT2D eigenvalue weighted by Gasteiger charge is 2.57. The van der Waals surface area contributed by atoms with Gasteiger partial charge in [-0.25, -0.2) is 0 Å². The van der Waals surface area contributed by atoms with E-state index in [1.54, 1.807) is 24.3 Å². The van der Waals surface area contributed by atoms with Crippen LogP contribution in [0.25, 0.3) is 10.9 Å². The fourth-order valence-corrected chi connectivity index (χ4v) is 2.07. The molecule has 0 aliphatic carbocycles. The van der Waals surface area contributed by atoms with Gasteiger partial charge in [-0.15, -0.1) is 0 Å². The molecule has 0 bridgehead atoms. The lowest BCUT2D eigenvalue weighted by Gasteiger charge is -2.28. The first-order valence-corrected chi connectivity index (χ1v) is 6.31. The minimum absolute atomic E-state index is 0.0561. The molecule has 0 spiro atoms. The number of hydrogen-bond donors (Lipinski definition) is 2. The van der Waals surface area contributed by atoms with Gasteiger partial charge in [0.05, 0.1) is 18.7 Å². The molecule has 0 aliphatic heterocycles. The molecule has 1 aromatic heterocycles. The van der Waals surface area contributed by atoms with Crippen LogP contribution in [0.5, 0.6) is 0 Å². The molecule has 0 saturated heterocycles. The van der Waals surface area contributed by atoms with Crippen LogP contribution >= 0.6 is 0 Å². The first-order chi connectivity index (χ1) is 9.78. The Labute approximate surface area is 118 Å². The van der Waals surface area contributed by atoms with E-state index in [9.17, 15) is 23.1 Å². The van der Waals surface area contributed by atoms with Gasteiger partial charge in [0.15, 0.2) is 0 Å². The minimum Gasteiger partial charge on any atom is -0.466 e. The van der Waals surface area contributed by atoms with E-state index in [0.29, 0.717) is 10.9 Å². The number of carbonyl (C=O) groups excluding carboxylic acids is 1. The number of para-hydroxylation sites is 1. The van der Waals surface area contributed by atoms with Crippen LogP contribution in [0.3, 0.4) is 0 Å². The van der Waals surface area contributed by atoms with Gasteiger partial charge in [-0.1, -0.05) is 18.2 Å². The third kappa shape index (κ3) is 2.87. The summed E-state index contributed by atoms with van der Waals surface area (Å²) in [6.07, 6.45) is -6.21. The number of hydrogen-bond acceptors (Lipinski definition) is 3. The standard InChI is InChI=1S/C14H14F3NO3/c1-2-21-12(19)8-13(20,14(15,16)17)11-7-9-5-3-4-6-10(9)18-11/h3-7,18,20H,2,8H2,1H3. The largest absolute Gasteiger partial charge is 0.466 e. The topological polar surface area (TPSA) is 62.3 Å². The van der Waals surface area contributed by atoms with E-state index < -0.39 is 29.9 Å². The maximum absolute atomic E-state index is 13.2. The Hall–Kier alpha value is -2.02. The predicted molar refractivity (Wildman–Crippen MR) is 69.5 cm³/mol. The highest BCUT2D eigenvalue weighted by molar-refractivity contribution is 5.81. The number of rotatable bonds is 4. The van der Waals surface area contributed by atoms with Gasteiger partial charge in [-0.3, -0.25) is 4.79 Å². The normalized spacial score (nSPS) is 14.9. The molecule has 0 fully saturated rings.